The fourth-order valence-corrected chi connectivity index (χ4v) is 2.79. The van der Waals surface area contributed by atoms with Crippen LogP contribution in [0.3, 0.4) is 0 Å². The van der Waals surface area contributed by atoms with E-state index >= 15 is 0 Å². The quantitative estimate of drug-likeness (QED) is 0.775. The van der Waals surface area contributed by atoms with Gasteiger partial charge in [-0.3, -0.25) is 14.4 Å². The zero-order chi connectivity index (χ0) is 14.0. The molecule has 2 rings (SSSR count). The van der Waals surface area contributed by atoms with Crippen LogP contribution in [0.2, 0.25) is 0 Å². The second-order valence-corrected chi connectivity index (χ2v) is 5.47. The Bertz CT molecular complexity index is 396. The van der Waals surface area contributed by atoms with Gasteiger partial charge in [-0.2, -0.15) is 0 Å². The highest BCUT2D eigenvalue weighted by molar-refractivity contribution is 5.87. The molecule has 0 aromatic heterocycles. The molecule has 2 saturated heterocycles. The second-order valence-electron chi connectivity index (χ2n) is 5.47. The van der Waals surface area contributed by atoms with Gasteiger partial charge in [-0.1, -0.05) is 0 Å². The van der Waals surface area contributed by atoms with E-state index in [1.54, 1.807) is 16.8 Å². The minimum absolute atomic E-state index is 0.00334. The van der Waals surface area contributed by atoms with Gasteiger partial charge >= 0.3 is 5.97 Å². The molecule has 6 nitrogen and oxygen atoms in total. The summed E-state index contributed by atoms with van der Waals surface area (Å²) in [7, 11) is 1.74. The Kier molecular flexibility index (Phi) is 4.07. The highest BCUT2D eigenvalue weighted by Crippen LogP contribution is 2.23. The van der Waals surface area contributed by atoms with Gasteiger partial charge in [0.15, 0.2) is 0 Å². The van der Waals surface area contributed by atoms with Gasteiger partial charge < -0.3 is 14.9 Å². The third-order valence-corrected chi connectivity index (χ3v) is 4.09. The maximum Gasteiger partial charge on any atom is 0.308 e. The summed E-state index contributed by atoms with van der Waals surface area (Å²) in [6.45, 7) is 1.50. The van der Waals surface area contributed by atoms with Crippen molar-refractivity contribution in [2.45, 2.75) is 25.7 Å². The fraction of sp³-hybridized carbons (Fsp3) is 0.769. The third kappa shape index (κ3) is 3.05. The lowest BCUT2D eigenvalue weighted by molar-refractivity contribution is -0.149. The molecule has 2 fully saturated rings. The van der Waals surface area contributed by atoms with Crippen LogP contribution in [-0.2, 0) is 14.4 Å². The Labute approximate surface area is 112 Å². The van der Waals surface area contributed by atoms with Gasteiger partial charge in [-0.25, -0.2) is 0 Å². The number of likely N-dealkylation sites (tertiary alicyclic amines) is 2. The van der Waals surface area contributed by atoms with Crippen molar-refractivity contribution in [2.75, 3.05) is 26.7 Å². The lowest BCUT2D eigenvalue weighted by Gasteiger charge is -2.35. The van der Waals surface area contributed by atoms with E-state index in [9.17, 15) is 14.4 Å². The molecule has 0 aromatic carbocycles. The van der Waals surface area contributed by atoms with E-state index < -0.39 is 11.9 Å². The molecule has 2 aliphatic rings. The van der Waals surface area contributed by atoms with Gasteiger partial charge in [-0.05, 0) is 19.3 Å². The number of carboxylic acid groups (broad SMARTS) is 1. The first-order chi connectivity index (χ1) is 8.99. The van der Waals surface area contributed by atoms with Crippen molar-refractivity contribution in [1.29, 1.82) is 0 Å². The normalized spacial score (nSPS) is 28.4. The lowest BCUT2D eigenvalue weighted by Crippen LogP contribution is -2.48. The summed E-state index contributed by atoms with van der Waals surface area (Å²) in [5.74, 6) is -1.61. The first kappa shape index (κ1) is 13.8. The summed E-state index contributed by atoms with van der Waals surface area (Å²) in [6.07, 6.45) is 2.29. The zero-order valence-corrected chi connectivity index (χ0v) is 11.2. The molecule has 106 valence electrons. The molecule has 2 aliphatic heterocycles. The van der Waals surface area contributed by atoms with Crippen LogP contribution in [0.1, 0.15) is 25.7 Å². The molecule has 2 amide bonds. The van der Waals surface area contributed by atoms with E-state index in [1.807, 2.05) is 0 Å². The van der Waals surface area contributed by atoms with Crippen molar-refractivity contribution in [3.05, 3.63) is 0 Å². The van der Waals surface area contributed by atoms with Gasteiger partial charge in [0, 0.05) is 39.0 Å². The molecule has 2 heterocycles. The molecule has 0 saturated carbocycles. The van der Waals surface area contributed by atoms with E-state index in [1.165, 1.54) is 0 Å². The number of aliphatic carboxylic acids is 1. The Morgan fingerprint density at radius 3 is 2.58 bits per heavy atom. The molecule has 0 unspecified atom stereocenters. The van der Waals surface area contributed by atoms with Gasteiger partial charge in [0.2, 0.25) is 11.8 Å². The maximum atomic E-state index is 12.3. The number of carboxylic acids is 1. The van der Waals surface area contributed by atoms with Crippen molar-refractivity contribution in [3.8, 4) is 0 Å². The molecular weight excluding hydrogens is 248 g/mol. The molecule has 0 aliphatic carbocycles. The smallest absolute Gasteiger partial charge is 0.308 e. The van der Waals surface area contributed by atoms with Gasteiger partial charge in [-0.15, -0.1) is 0 Å². The van der Waals surface area contributed by atoms with E-state index in [4.69, 9.17) is 5.11 Å². The number of hydrogen-bond donors (Lipinski definition) is 1. The summed E-state index contributed by atoms with van der Waals surface area (Å²) in [6, 6.07) is 0. The topological polar surface area (TPSA) is 77.9 Å². The molecule has 0 radical (unpaired) electrons. The number of amides is 2. The standard InChI is InChI=1S/C13H20N2O4/c1-14-6-4-9(7-11(14)16)12(17)15-5-2-3-10(8-15)13(18)19/h9-10H,2-8H2,1H3,(H,18,19)/t9-,10+/m0/s1. The predicted molar refractivity (Wildman–Crippen MR) is 67.3 cm³/mol. The monoisotopic (exact) mass is 268 g/mol. The lowest BCUT2D eigenvalue weighted by atomic mass is 9.92. The number of hydrogen-bond acceptors (Lipinski definition) is 3. The number of rotatable bonds is 2. The summed E-state index contributed by atoms with van der Waals surface area (Å²) >= 11 is 0. The molecular formula is C13H20N2O4. The maximum absolute atomic E-state index is 12.3. The molecule has 2 atom stereocenters. The summed E-state index contributed by atoms with van der Waals surface area (Å²) < 4.78 is 0. The van der Waals surface area contributed by atoms with Gasteiger partial charge in [0.05, 0.1) is 5.92 Å². The average molecular weight is 268 g/mol. The van der Waals surface area contributed by atoms with Crippen LogP contribution >= 0.6 is 0 Å². The molecule has 0 bridgehead atoms. The molecule has 19 heavy (non-hydrogen) atoms. The van der Waals surface area contributed by atoms with Gasteiger partial charge in [0.1, 0.15) is 0 Å². The third-order valence-electron chi connectivity index (χ3n) is 4.09. The Hall–Kier alpha value is -1.59. The van der Waals surface area contributed by atoms with Crippen LogP contribution in [0, 0.1) is 11.8 Å². The van der Waals surface area contributed by atoms with E-state index in [-0.39, 0.29) is 30.7 Å². The fourth-order valence-electron chi connectivity index (χ4n) is 2.79. The van der Waals surface area contributed by atoms with Crippen LogP contribution < -0.4 is 0 Å². The summed E-state index contributed by atoms with van der Waals surface area (Å²) in [5.41, 5.74) is 0. The minimum Gasteiger partial charge on any atom is -0.481 e. The van der Waals surface area contributed by atoms with Crippen LogP contribution in [0.5, 0.6) is 0 Å². The number of carbonyl (C=O) groups is 3. The van der Waals surface area contributed by atoms with E-state index in [2.05, 4.69) is 0 Å². The van der Waals surface area contributed by atoms with Gasteiger partial charge in [0.25, 0.3) is 0 Å². The Morgan fingerprint density at radius 2 is 1.95 bits per heavy atom. The predicted octanol–water partition coefficient (Wildman–Crippen LogP) is 0.178. The van der Waals surface area contributed by atoms with E-state index in [0.717, 1.165) is 6.42 Å². The first-order valence-corrected chi connectivity index (χ1v) is 6.74. The minimum atomic E-state index is -0.836. The number of piperidine rings is 2. The van der Waals surface area contributed by atoms with E-state index in [0.29, 0.717) is 25.9 Å². The first-order valence-electron chi connectivity index (χ1n) is 6.74. The van der Waals surface area contributed by atoms with Crippen molar-refractivity contribution < 1.29 is 19.5 Å². The number of nitrogens with zero attached hydrogens (tertiary/aromatic N) is 2. The highest BCUT2D eigenvalue weighted by atomic mass is 16.4. The van der Waals surface area contributed by atoms with Crippen LogP contribution in [0.25, 0.3) is 0 Å². The molecule has 0 spiro atoms. The van der Waals surface area contributed by atoms with Crippen molar-refractivity contribution in [3.63, 3.8) is 0 Å². The zero-order valence-electron chi connectivity index (χ0n) is 11.2. The summed E-state index contributed by atoms with van der Waals surface area (Å²) in [5, 5.41) is 9.03. The summed E-state index contributed by atoms with van der Waals surface area (Å²) in [4.78, 5) is 38.2. The molecule has 6 heteroatoms. The molecule has 0 aromatic rings. The van der Waals surface area contributed by atoms with Crippen molar-refractivity contribution >= 4 is 17.8 Å². The highest BCUT2D eigenvalue weighted by Gasteiger charge is 2.34. The SMILES string of the molecule is CN1CC[C@H](C(=O)N2CCC[C@@H](C(=O)O)C2)CC1=O. The molecule has 1 N–H and O–H groups in total. The number of carbonyl (C=O) groups excluding carboxylic acids is 2. The van der Waals surface area contributed by atoms with Crippen molar-refractivity contribution in [1.82, 2.24) is 9.80 Å². The Balaban J connectivity index is 1.96. The van der Waals surface area contributed by atoms with Crippen LogP contribution in [-0.4, -0.2) is 59.4 Å². The van der Waals surface area contributed by atoms with Crippen LogP contribution in [0.4, 0.5) is 0 Å². The Morgan fingerprint density at radius 1 is 1.21 bits per heavy atom. The van der Waals surface area contributed by atoms with Crippen LogP contribution in [0.15, 0.2) is 0 Å². The average Bonchev–Trinajstić information content (AvgIpc) is 2.41. The largest absolute Gasteiger partial charge is 0.481 e. The second kappa shape index (κ2) is 5.59. The van der Waals surface area contributed by atoms with Crippen molar-refractivity contribution in [2.24, 2.45) is 11.8 Å².